The van der Waals surface area contributed by atoms with Crippen molar-refractivity contribution in [2.45, 2.75) is 38.6 Å². The molecule has 2 aliphatic heterocycles. The fraction of sp³-hybridized carbons (Fsp3) is 0.419. The van der Waals surface area contributed by atoms with Crippen LogP contribution in [0, 0.1) is 24.1 Å². The predicted molar refractivity (Wildman–Crippen MR) is 162 cm³/mol. The average Bonchev–Trinajstić information content (AvgIpc) is 3.30. The number of fused-ring (bicyclic) bond motifs is 1. The van der Waals surface area contributed by atoms with E-state index in [0.717, 1.165) is 68.1 Å². The number of imidazole rings is 1. The van der Waals surface area contributed by atoms with E-state index in [0.29, 0.717) is 36.1 Å². The van der Waals surface area contributed by atoms with Crippen LogP contribution in [0.25, 0.3) is 28.4 Å². The highest BCUT2D eigenvalue weighted by atomic mass is 19.1. The summed E-state index contributed by atoms with van der Waals surface area (Å²) in [6.07, 6.45) is 7.47. The van der Waals surface area contributed by atoms with Crippen molar-refractivity contribution < 1.29 is 9.18 Å². The highest BCUT2D eigenvalue weighted by Crippen LogP contribution is 2.32. The Kier molecular flexibility index (Phi) is 8.16. The Bertz CT molecular complexity index is 1680. The lowest BCUT2D eigenvalue weighted by Gasteiger charge is -2.33. The van der Waals surface area contributed by atoms with Crippen molar-refractivity contribution in [3.8, 4) is 28.8 Å². The van der Waals surface area contributed by atoms with Gasteiger partial charge in [-0.2, -0.15) is 5.26 Å². The molecule has 0 saturated carbocycles. The van der Waals surface area contributed by atoms with Crippen LogP contribution in [0.5, 0.6) is 0 Å². The van der Waals surface area contributed by atoms with Crippen molar-refractivity contribution in [1.29, 1.82) is 5.26 Å². The summed E-state index contributed by atoms with van der Waals surface area (Å²) in [5, 5.41) is 12.6. The van der Waals surface area contributed by atoms with Crippen LogP contribution in [0.2, 0.25) is 0 Å². The van der Waals surface area contributed by atoms with Crippen molar-refractivity contribution in [3.63, 3.8) is 0 Å². The lowest BCUT2D eigenvalue weighted by Crippen LogP contribution is -2.45. The molecule has 12 heteroatoms. The van der Waals surface area contributed by atoms with E-state index in [1.165, 1.54) is 12.3 Å². The lowest BCUT2D eigenvalue weighted by molar-refractivity contribution is -0.131. The molecule has 11 nitrogen and oxygen atoms in total. The molecule has 6 heterocycles. The van der Waals surface area contributed by atoms with Crippen LogP contribution < -0.4 is 10.2 Å². The topological polar surface area (TPSA) is 119 Å². The molecule has 0 radical (unpaired) electrons. The van der Waals surface area contributed by atoms with Crippen molar-refractivity contribution in [2.24, 2.45) is 0 Å². The van der Waals surface area contributed by atoms with E-state index in [2.05, 4.69) is 33.2 Å². The third-order valence-corrected chi connectivity index (χ3v) is 8.25. The lowest BCUT2D eigenvalue weighted by atomic mass is 10.0. The first-order valence-corrected chi connectivity index (χ1v) is 14.7. The minimum absolute atomic E-state index is 0.0487. The smallest absolute Gasteiger partial charge is 0.236 e. The maximum Gasteiger partial charge on any atom is 0.236 e. The fourth-order valence-electron chi connectivity index (χ4n) is 5.88. The normalized spacial score (nSPS) is 18.0. The Morgan fingerprint density at radius 3 is 2.86 bits per heavy atom. The second-order valence-electron chi connectivity index (χ2n) is 11.3. The van der Waals surface area contributed by atoms with E-state index in [9.17, 15) is 9.18 Å². The second-order valence-corrected chi connectivity index (χ2v) is 11.3. The number of nitriles is 1. The third-order valence-electron chi connectivity index (χ3n) is 8.25. The van der Waals surface area contributed by atoms with Crippen LogP contribution in [0.4, 0.5) is 16.0 Å². The number of nitrogens with one attached hydrogen (secondary N) is 1. The van der Waals surface area contributed by atoms with Gasteiger partial charge in [0, 0.05) is 62.3 Å². The van der Waals surface area contributed by atoms with E-state index in [4.69, 9.17) is 20.2 Å². The van der Waals surface area contributed by atoms with Crippen LogP contribution >= 0.6 is 0 Å². The number of amides is 1. The van der Waals surface area contributed by atoms with Crippen molar-refractivity contribution >= 4 is 23.2 Å². The number of hydrogen-bond acceptors (Lipinski definition) is 9. The molecule has 0 bridgehead atoms. The molecule has 0 spiro atoms. The molecule has 0 unspecified atom stereocenters. The Balaban J connectivity index is 1.40. The van der Waals surface area contributed by atoms with E-state index in [1.54, 1.807) is 21.6 Å². The Morgan fingerprint density at radius 1 is 1.12 bits per heavy atom. The zero-order valence-electron chi connectivity index (χ0n) is 24.5. The van der Waals surface area contributed by atoms with Gasteiger partial charge in [0.1, 0.15) is 35.2 Å². The molecule has 0 aliphatic carbocycles. The minimum atomic E-state index is -0.386. The summed E-state index contributed by atoms with van der Waals surface area (Å²) in [6, 6.07) is 8.94. The molecule has 43 heavy (non-hydrogen) atoms. The predicted octanol–water partition coefficient (Wildman–Crippen LogP) is 3.76. The summed E-state index contributed by atoms with van der Waals surface area (Å²) in [7, 11) is 2.14. The third kappa shape index (κ3) is 6.12. The van der Waals surface area contributed by atoms with Gasteiger partial charge in [-0.05, 0) is 64.0 Å². The minimum Gasteiger partial charge on any atom is -0.365 e. The molecule has 1 atom stereocenters. The standard InChI is InChI=1S/C31H35FN10O/c1-21-29(22-9-11-34-27(17-22)40-14-4-12-39(2)15-16-40)37-31(25-18-35-26-7-6-23(32)19-42(25)26)38-30(21)36-24-5-3-13-41(20-24)28(43)8-10-33/h6-7,9,11,17-19,24H,3-5,8,12-16,20H2,1-2H3,(H,36,37,38)/t24-/m1/s1. The SMILES string of the molecule is Cc1c(N[C@@H]2CCCN(C(=O)CC#N)C2)nc(-c2cnc3ccc(F)cn23)nc1-c1ccnc(N2CCCN(C)CC2)c1. The van der Waals surface area contributed by atoms with E-state index < -0.39 is 0 Å². The van der Waals surface area contributed by atoms with Gasteiger partial charge >= 0.3 is 0 Å². The highest BCUT2D eigenvalue weighted by molar-refractivity contribution is 5.78. The van der Waals surface area contributed by atoms with Gasteiger partial charge in [-0.25, -0.2) is 24.3 Å². The number of piperidine rings is 1. The van der Waals surface area contributed by atoms with Gasteiger partial charge in [0.15, 0.2) is 5.82 Å². The first kappa shape index (κ1) is 28.5. The molecule has 2 fully saturated rings. The van der Waals surface area contributed by atoms with Crippen LogP contribution in [0.15, 0.2) is 42.9 Å². The number of carbonyl (C=O) groups is 1. The van der Waals surface area contributed by atoms with Gasteiger partial charge in [0.05, 0.1) is 18.0 Å². The number of rotatable bonds is 6. The van der Waals surface area contributed by atoms with E-state index >= 15 is 0 Å². The molecule has 1 N–H and O–H groups in total. The summed E-state index contributed by atoms with van der Waals surface area (Å²) in [4.78, 5) is 37.9. The highest BCUT2D eigenvalue weighted by Gasteiger charge is 2.26. The molecule has 0 aromatic carbocycles. The van der Waals surface area contributed by atoms with Gasteiger partial charge in [-0.15, -0.1) is 0 Å². The monoisotopic (exact) mass is 582 g/mol. The van der Waals surface area contributed by atoms with Gasteiger partial charge in [0.25, 0.3) is 0 Å². The quantitative estimate of drug-likeness (QED) is 0.363. The van der Waals surface area contributed by atoms with Crippen molar-refractivity contribution in [1.82, 2.24) is 34.1 Å². The van der Waals surface area contributed by atoms with E-state index in [-0.39, 0.29) is 24.2 Å². The number of anilines is 2. The first-order chi connectivity index (χ1) is 20.9. The van der Waals surface area contributed by atoms with Gasteiger partial charge < -0.3 is 20.0 Å². The Hall–Kier alpha value is -4.63. The summed E-state index contributed by atoms with van der Waals surface area (Å²) in [6.45, 7) is 6.95. The fourth-order valence-corrected chi connectivity index (χ4v) is 5.88. The van der Waals surface area contributed by atoms with Crippen LogP contribution in [0.3, 0.4) is 0 Å². The molecule has 4 aromatic heterocycles. The molecule has 2 aliphatic rings. The second kappa shape index (κ2) is 12.3. The summed E-state index contributed by atoms with van der Waals surface area (Å²) < 4.78 is 15.9. The number of aromatic nitrogens is 5. The Labute approximate surface area is 250 Å². The number of nitrogens with zero attached hydrogens (tertiary/aromatic N) is 9. The maximum atomic E-state index is 14.3. The number of likely N-dealkylation sites (tertiary alicyclic amines) is 1. The maximum absolute atomic E-state index is 14.3. The number of carbonyl (C=O) groups excluding carboxylic acids is 1. The van der Waals surface area contributed by atoms with Gasteiger partial charge in [-0.3, -0.25) is 9.20 Å². The molecular weight excluding hydrogens is 547 g/mol. The molecule has 1 amide bonds. The molecule has 4 aromatic rings. The van der Waals surface area contributed by atoms with Gasteiger partial charge in [0.2, 0.25) is 5.91 Å². The molecule has 2 saturated heterocycles. The van der Waals surface area contributed by atoms with E-state index in [1.807, 2.05) is 25.3 Å². The molecular formula is C31H35FN10O. The number of halogens is 1. The summed E-state index contributed by atoms with van der Waals surface area (Å²) in [5.74, 6) is 1.40. The first-order valence-electron chi connectivity index (χ1n) is 14.7. The Morgan fingerprint density at radius 2 is 2.00 bits per heavy atom. The average molecular weight is 583 g/mol. The van der Waals surface area contributed by atoms with Crippen LogP contribution in [-0.4, -0.2) is 92.4 Å². The number of pyridine rings is 2. The zero-order valence-corrected chi connectivity index (χ0v) is 24.5. The summed E-state index contributed by atoms with van der Waals surface area (Å²) >= 11 is 0. The van der Waals surface area contributed by atoms with Crippen molar-refractivity contribution in [2.75, 3.05) is 56.5 Å². The molecule has 6 rings (SSSR count). The largest absolute Gasteiger partial charge is 0.365 e. The summed E-state index contributed by atoms with van der Waals surface area (Å²) in [5.41, 5.74) is 3.66. The van der Waals surface area contributed by atoms with Crippen LogP contribution in [-0.2, 0) is 4.79 Å². The molecule has 222 valence electrons. The van der Waals surface area contributed by atoms with Gasteiger partial charge in [-0.1, -0.05) is 0 Å². The number of hydrogen-bond donors (Lipinski definition) is 1. The van der Waals surface area contributed by atoms with Crippen molar-refractivity contribution in [3.05, 3.63) is 54.2 Å². The van der Waals surface area contributed by atoms with Crippen LogP contribution in [0.1, 0.15) is 31.2 Å². The zero-order chi connectivity index (χ0) is 29.9. The number of likely N-dealkylation sites (N-methyl/N-ethyl adjacent to an activating group) is 1.